The minimum atomic E-state index is -0.563. The molecule has 0 fully saturated rings. The van der Waals surface area contributed by atoms with Crippen molar-refractivity contribution in [2.24, 2.45) is 0 Å². The first kappa shape index (κ1) is 12.5. The third-order valence-electron chi connectivity index (χ3n) is 2.89. The maximum Gasteiger partial charge on any atom is 0.231 e. The number of likely N-dealkylation sites (N-methyl/N-ethyl adjacent to an activating group) is 1. The van der Waals surface area contributed by atoms with Gasteiger partial charge in [-0.1, -0.05) is 6.07 Å². The van der Waals surface area contributed by atoms with Crippen LogP contribution in [0.5, 0.6) is 11.5 Å². The fraction of sp³-hybridized carbons (Fsp3) is 0.500. The lowest BCUT2D eigenvalue weighted by molar-refractivity contribution is 0.152. The summed E-state index contributed by atoms with van der Waals surface area (Å²) in [5.41, 5.74) is 1.08. The Labute approximate surface area is 105 Å². The SMILES string of the molecule is CN[C@@H](Cc1ccc2c(c1)OCO2)[C@H](O)CCl. The average Bonchev–Trinajstić information content (AvgIpc) is 2.82. The van der Waals surface area contributed by atoms with Crippen molar-refractivity contribution in [3.8, 4) is 11.5 Å². The second-order valence-electron chi connectivity index (χ2n) is 4.01. The van der Waals surface area contributed by atoms with Crippen molar-refractivity contribution in [2.45, 2.75) is 18.6 Å². The van der Waals surface area contributed by atoms with E-state index in [9.17, 15) is 5.11 Å². The van der Waals surface area contributed by atoms with Crippen molar-refractivity contribution in [1.82, 2.24) is 5.32 Å². The second-order valence-corrected chi connectivity index (χ2v) is 4.32. The zero-order valence-corrected chi connectivity index (χ0v) is 10.4. The quantitative estimate of drug-likeness (QED) is 0.777. The predicted octanol–water partition coefficient (Wildman–Crippen LogP) is 1.15. The lowest BCUT2D eigenvalue weighted by Gasteiger charge is -2.20. The van der Waals surface area contributed by atoms with Crippen LogP contribution in [0, 0.1) is 0 Å². The van der Waals surface area contributed by atoms with Gasteiger partial charge in [-0.2, -0.15) is 0 Å². The topological polar surface area (TPSA) is 50.7 Å². The largest absolute Gasteiger partial charge is 0.454 e. The van der Waals surface area contributed by atoms with Crippen LogP contribution in [0.15, 0.2) is 18.2 Å². The zero-order chi connectivity index (χ0) is 12.3. The van der Waals surface area contributed by atoms with Crippen LogP contribution in [0.2, 0.25) is 0 Å². The highest BCUT2D eigenvalue weighted by atomic mass is 35.5. The molecule has 0 amide bonds. The Kier molecular flexibility index (Phi) is 4.10. The van der Waals surface area contributed by atoms with Gasteiger partial charge in [0.2, 0.25) is 6.79 Å². The van der Waals surface area contributed by atoms with Crippen molar-refractivity contribution in [3.05, 3.63) is 23.8 Å². The molecule has 1 aliphatic rings. The molecular formula is C12H16ClNO3. The summed E-state index contributed by atoms with van der Waals surface area (Å²) in [4.78, 5) is 0. The van der Waals surface area contributed by atoms with Crippen molar-refractivity contribution in [3.63, 3.8) is 0 Å². The van der Waals surface area contributed by atoms with Crippen molar-refractivity contribution >= 4 is 11.6 Å². The highest BCUT2D eigenvalue weighted by Crippen LogP contribution is 2.32. The average molecular weight is 258 g/mol. The number of ether oxygens (including phenoxy) is 2. The third kappa shape index (κ3) is 2.83. The van der Waals surface area contributed by atoms with Crippen LogP contribution in [0.1, 0.15) is 5.56 Å². The molecular weight excluding hydrogens is 242 g/mol. The van der Waals surface area contributed by atoms with Crippen LogP contribution < -0.4 is 14.8 Å². The Morgan fingerprint density at radius 2 is 2.18 bits per heavy atom. The van der Waals surface area contributed by atoms with Crippen LogP contribution in [-0.2, 0) is 6.42 Å². The molecule has 2 atom stereocenters. The van der Waals surface area contributed by atoms with Crippen LogP contribution in [0.25, 0.3) is 0 Å². The molecule has 2 N–H and O–H groups in total. The van der Waals surface area contributed by atoms with Gasteiger partial charge in [0.15, 0.2) is 11.5 Å². The van der Waals surface area contributed by atoms with Gasteiger partial charge in [0.1, 0.15) is 0 Å². The minimum absolute atomic E-state index is 0.0622. The number of alkyl halides is 1. The monoisotopic (exact) mass is 257 g/mol. The van der Waals surface area contributed by atoms with Gasteiger partial charge >= 0.3 is 0 Å². The first-order chi connectivity index (χ1) is 8.24. The number of hydrogen-bond donors (Lipinski definition) is 2. The maximum absolute atomic E-state index is 9.72. The maximum atomic E-state index is 9.72. The number of rotatable bonds is 5. The standard InChI is InChI=1S/C12H16ClNO3/c1-14-9(10(15)6-13)4-8-2-3-11-12(5-8)17-7-16-11/h2-3,5,9-10,14-15H,4,6-7H2,1H3/t9-,10+/m0/s1. The van der Waals surface area contributed by atoms with Gasteiger partial charge in [-0.05, 0) is 31.2 Å². The van der Waals surface area contributed by atoms with Crippen LogP contribution in [0.3, 0.4) is 0 Å². The van der Waals surface area contributed by atoms with E-state index in [1.165, 1.54) is 0 Å². The lowest BCUT2D eigenvalue weighted by Crippen LogP contribution is -2.40. The van der Waals surface area contributed by atoms with Gasteiger partial charge in [0, 0.05) is 11.9 Å². The fourth-order valence-electron chi connectivity index (χ4n) is 1.86. The van der Waals surface area contributed by atoms with Crippen LogP contribution in [-0.4, -0.2) is 37.0 Å². The molecule has 0 radical (unpaired) electrons. The smallest absolute Gasteiger partial charge is 0.231 e. The van der Waals surface area contributed by atoms with E-state index in [-0.39, 0.29) is 18.7 Å². The molecule has 0 spiro atoms. The summed E-state index contributed by atoms with van der Waals surface area (Å²) in [5.74, 6) is 1.75. The number of nitrogens with one attached hydrogen (secondary N) is 1. The molecule has 0 saturated carbocycles. The highest BCUT2D eigenvalue weighted by Gasteiger charge is 2.19. The van der Waals surface area contributed by atoms with Gasteiger partial charge < -0.3 is 19.9 Å². The third-order valence-corrected chi connectivity index (χ3v) is 3.20. The summed E-state index contributed by atoms with van der Waals surface area (Å²) < 4.78 is 10.6. The molecule has 1 aromatic carbocycles. The molecule has 0 aliphatic carbocycles. The molecule has 4 nitrogen and oxygen atoms in total. The van der Waals surface area contributed by atoms with Crippen LogP contribution in [0.4, 0.5) is 0 Å². The van der Waals surface area contributed by atoms with E-state index in [1.54, 1.807) is 0 Å². The van der Waals surface area contributed by atoms with E-state index >= 15 is 0 Å². The first-order valence-electron chi connectivity index (χ1n) is 5.54. The van der Waals surface area contributed by atoms with Crippen LogP contribution >= 0.6 is 11.6 Å². The molecule has 1 heterocycles. The molecule has 0 saturated heterocycles. The molecule has 5 heteroatoms. The summed E-state index contributed by atoms with van der Waals surface area (Å²) >= 11 is 5.65. The Balaban J connectivity index is 2.07. The van der Waals surface area contributed by atoms with Gasteiger partial charge in [-0.15, -0.1) is 11.6 Å². The van der Waals surface area contributed by atoms with Gasteiger partial charge in [-0.3, -0.25) is 0 Å². The molecule has 0 bridgehead atoms. The van der Waals surface area contributed by atoms with Crippen molar-refractivity contribution in [1.29, 1.82) is 0 Å². The highest BCUT2D eigenvalue weighted by molar-refractivity contribution is 6.18. The Morgan fingerprint density at radius 1 is 1.41 bits per heavy atom. The van der Waals surface area contributed by atoms with Crippen molar-refractivity contribution < 1.29 is 14.6 Å². The van der Waals surface area contributed by atoms with Crippen molar-refractivity contribution in [2.75, 3.05) is 19.7 Å². The van der Waals surface area contributed by atoms with E-state index in [0.717, 1.165) is 17.1 Å². The first-order valence-corrected chi connectivity index (χ1v) is 6.08. The van der Waals surface area contributed by atoms with Gasteiger partial charge in [-0.25, -0.2) is 0 Å². The fourth-order valence-corrected chi connectivity index (χ4v) is 2.07. The number of benzene rings is 1. The summed E-state index contributed by atoms with van der Waals surface area (Å²) in [6.07, 6.45) is 0.133. The zero-order valence-electron chi connectivity index (χ0n) is 9.65. The summed E-state index contributed by atoms with van der Waals surface area (Å²) in [6, 6.07) is 5.73. The predicted molar refractivity (Wildman–Crippen MR) is 65.8 cm³/mol. The Morgan fingerprint density at radius 3 is 2.88 bits per heavy atom. The number of hydrogen-bond acceptors (Lipinski definition) is 4. The second kappa shape index (κ2) is 5.58. The number of halogens is 1. The van der Waals surface area contributed by atoms with E-state index in [4.69, 9.17) is 21.1 Å². The van der Waals surface area contributed by atoms with E-state index in [0.29, 0.717) is 6.42 Å². The normalized spacial score (nSPS) is 16.9. The molecule has 1 aromatic rings. The minimum Gasteiger partial charge on any atom is -0.454 e. The van der Waals surface area contributed by atoms with E-state index in [1.807, 2.05) is 25.2 Å². The van der Waals surface area contributed by atoms with E-state index in [2.05, 4.69) is 5.32 Å². The molecule has 0 unspecified atom stereocenters. The number of aliphatic hydroxyl groups excluding tert-OH is 1. The van der Waals surface area contributed by atoms with E-state index < -0.39 is 6.10 Å². The van der Waals surface area contributed by atoms with Gasteiger partial charge in [0.25, 0.3) is 0 Å². The molecule has 17 heavy (non-hydrogen) atoms. The Hall–Kier alpha value is -0.970. The molecule has 0 aromatic heterocycles. The molecule has 1 aliphatic heterocycles. The lowest BCUT2D eigenvalue weighted by atomic mass is 10.0. The Bertz CT molecular complexity index is 386. The molecule has 2 rings (SSSR count). The van der Waals surface area contributed by atoms with Gasteiger partial charge in [0.05, 0.1) is 6.10 Å². The molecule has 94 valence electrons. The summed E-state index contributed by atoms with van der Waals surface area (Å²) in [5, 5.41) is 12.8. The number of fused-ring (bicyclic) bond motifs is 1. The summed E-state index contributed by atoms with van der Waals surface area (Å²) in [6.45, 7) is 0.276. The number of aliphatic hydroxyl groups is 1. The summed E-state index contributed by atoms with van der Waals surface area (Å²) in [7, 11) is 1.81.